The molecular weight excluding hydrogens is 625 g/mol. The summed E-state index contributed by atoms with van der Waals surface area (Å²) in [7, 11) is 0. The number of fused-ring (bicyclic) bond motifs is 5. The second-order valence-corrected chi connectivity index (χ2v) is 12.7. The lowest BCUT2D eigenvalue weighted by molar-refractivity contribution is 0.669. The van der Waals surface area contributed by atoms with Gasteiger partial charge in [-0.15, -0.1) is 0 Å². The van der Waals surface area contributed by atoms with Crippen molar-refractivity contribution in [2.24, 2.45) is 0 Å². The first-order valence-electron chi connectivity index (χ1n) is 17.0. The van der Waals surface area contributed by atoms with E-state index in [-0.39, 0.29) is 0 Å². The summed E-state index contributed by atoms with van der Waals surface area (Å²) in [5.41, 5.74) is 8.93. The van der Waals surface area contributed by atoms with Crippen LogP contribution < -0.4 is 0 Å². The molecule has 0 saturated carbocycles. The molecule has 238 valence electrons. The largest absolute Gasteiger partial charge is 0.456 e. The smallest absolute Gasteiger partial charge is 0.164 e. The van der Waals surface area contributed by atoms with Crippen LogP contribution in [0, 0.1) is 0 Å². The van der Waals surface area contributed by atoms with Gasteiger partial charge in [-0.1, -0.05) is 121 Å². The lowest BCUT2D eigenvalue weighted by Crippen LogP contribution is -2.00. The van der Waals surface area contributed by atoms with Gasteiger partial charge in [0.2, 0.25) is 0 Å². The van der Waals surface area contributed by atoms with Crippen LogP contribution in [0.15, 0.2) is 175 Å². The molecule has 0 aliphatic heterocycles. The topological polar surface area (TPSA) is 64.7 Å². The third-order valence-electron chi connectivity index (χ3n) is 9.59. The molecule has 0 radical (unpaired) electrons. The highest BCUT2D eigenvalue weighted by Gasteiger charge is 2.20. The van der Waals surface area contributed by atoms with Crippen LogP contribution in [0.25, 0.3) is 99.9 Å². The second kappa shape index (κ2) is 11.9. The highest BCUT2D eigenvalue weighted by Crippen LogP contribution is 2.44. The Hall–Kier alpha value is -6.98. The van der Waals surface area contributed by atoms with Crippen molar-refractivity contribution in [3.05, 3.63) is 170 Å². The van der Waals surface area contributed by atoms with Gasteiger partial charge in [0.15, 0.2) is 17.5 Å². The number of nitrogens with zero attached hydrogens (tertiary/aromatic N) is 4. The van der Waals surface area contributed by atoms with Gasteiger partial charge in [0.25, 0.3) is 0 Å². The summed E-state index contributed by atoms with van der Waals surface area (Å²) >= 11 is 0. The molecule has 0 bridgehead atoms. The van der Waals surface area contributed by atoms with E-state index in [4.69, 9.17) is 19.4 Å². The van der Waals surface area contributed by atoms with Crippen LogP contribution in [-0.2, 0) is 0 Å². The quantitative estimate of drug-likeness (QED) is 0.185. The predicted molar refractivity (Wildman–Crippen MR) is 207 cm³/mol. The third-order valence-corrected chi connectivity index (χ3v) is 9.59. The second-order valence-electron chi connectivity index (χ2n) is 12.7. The Balaban J connectivity index is 1.24. The molecule has 10 aromatic rings. The van der Waals surface area contributed by atoms with E-state index in [9.17, 15) is 0 Å². The summed E-state index contributed by atoms with van der Waals surface area (Å²) in [6.45, 7) is 0. The van der Waals surface area contributed by atoms with Crippen molar-refractivity contribution < 1.29 is 4.42 Å². The molecule has 0 aliphatic rings. The van der Waals surface area contributed by atoms with E-state index in [2.05, 4.69) is 96.0 Å². The molecule has 0 spiro atoms. The maximum atomic E-state index is 6.65. The van der Waals surface area contributed by atoms with Crippen LogP contribution in [0.2, 0.25) is 0 Å². The standard InChI is InChI=1S/C46H28N4O/c1-4-12-29(13-5-1)33-25-39(43-40-24-32-22-23-47-28-34(32)27-41(40)51-42(43)26-33)37-20-21-38(36-19-11-10-18-35(36)37)46-49-44(30-14-6-2-7-15-30)48-45(50-46)31-16-8-3-9-17-31/h1-28H. The summed E-state index contributed by atoms with van der Waals surface area (Å²) < 4.78 is 6.65. The van der Waals surface area contributed by atoms with Gasteiger partial charge in [-0.05, 0) is 74.8 Å². The van der Waals surface area contributed by atoms with Crippen molar-refractivity contribution in [1.82, 2.24) is 19.9 Å². The zero-order valence-corrected chi connectivity index (χ0v) is 27.4. The number of hydrogen-bond acceptors (Lipinski definition) is 5. The molecule has 5 nitrogen and oxygen atoms in total. The van der Waals surface area contributed by atoms with Crippen LogP contribution in [0.1, 0.15) is 0 Å². The molecule has 51 heavy (non-hydrogen) atoms. The zero-order valence-electron chi connectivity index (χ0n) is 27.4. The lowest BCUT2D eigenvalue weighted by atomic mass is 9.90. The number of pyridine rings is 1. The average Bonchev–Trinajstić information content (AvgIpc) is 3.57. The van der Waals surface area contributed by atoms with E-state index >= 15 is 0 Å². The van der Waals surface area contributed by atoms with E-state index in [1.807, 2.05) is 79.1 Å². The summed E-state index contributed by atoms with van der Waals surface area (Å²) in [6, 6.07) is 54.4. The van der Waals surface area contributed by atoms with Gasteiger partial charge in [0.1, 0.15) is 11.2 Å². The monoisotopic (exact) mass is 652 g/mol. The molecule has 0 saturated heterocycles. The van der Waals surface area contributed by atoms with Crippen LogP contribution in [0.4, 0.5) is 0 Å². The fourth-order valence-electron chi connectivity index (χ4n) is 7.15. The third kappa shape index (κ3) is 5.03. The minimum atomic E-state index is 0.627. The Morgan fingerprint density at radius 2 is 0.961 bits per heavy atom. The number of aromatic nitrogens is 4. The van der Waals surface area contributed by atoms with Crippen molar-refractivity contribution in [2.45, 2.75) is 0 Å². The summed E-state index contributed by atoms with van der Waals surface area (Å²) in [5, 5.41) is 6.48. The van der Waals surface area contributed by atoms with E-state index in [1.54, 1.807) is 0 Å². The Morgan fingerprint density at radius 3 is 1.65 bits per heavy atom. The van der Waals surface area contributed by atoms with Gasteiger partial charge in [0, 0.05) is 45.2 Å². The van der Waals surface area contributed by atoms with E-state index < -0.39 is 0 Å². The Morgan fingerprint density at radius 1 is 0.373 bits per heavy atom. The first-order chi connectivity index (χ1) is 25.3. The highest BCUT2D eigenvalue weighted by atomic mass is 16.3. The lowest BCUT2D eigenvalue weighted by Gasteiger charge is -2.15. The molecule has 0 N–H and O–H groups in total. The molecule has 0 atom stereocenters. The minimum absolute atomic E-state index is 0.627. The van der Waals surface area contributed by atoms with E-state index in [0.29, 0.717) is 17.5 Å². The summed E-state index contributed by atoms with van der Waals surface area (Å²) in [5.74, 6) is 1.90. The maximum absolute atomic E-state index is 6.65. The minimum Gasteiger partial charge on any atom is -0.456 e. The summed E-state index contributed by atoms with van der Waals surface area (Å²) in [4.78, 5) is 19.4. The number of rotatable bonds is 5. The first kappa shape index (κ1) is 29.0. The van der Waals surface area contributed by atoms with Gasteiger partial charge in [-0.3, -0.25) is 4.98 Å². The number of hydrogen-bond donors (Lipinski definition) is 0. The Kier molecular flexibility index (Phi) is 6.74. The first-order valence-corrected chi connectivity index (χ1v) is 17.0. The van der Waals surface area contributed by atoms with Gasteiger partial charge in [0.05, 0.1) is 0 Å². The molecule has 0 amide bonds. The van der Waals surface area contributed by atoms with Crippen LogP contribution >= 0.6 is 0 Å². The Bertz CT molecular complexity index is 2840. The number of furan rings is 1. The molecule has 5 heteroatoms. The normalized spacial score (nSPS) is 11.5. The fourth-order valence-corrected chi connectivity index (χ4v) is 7.15. The van der Waals surface area contributed by atoms with Gasteiger partial charge in [-0.2, -0.15) is 0 Å². The molecule has 3 heterocycles. The van der Waals surface area contributed by atoms with Crippen molar-refractivity contribution in [1.29, 1.82) is 0 Å². The molecule has 10 rings (SSSR count). The van der Waals surface area contributed by atoms with Crippen molar-refractivity contribution in [2.75, 3.05) is 0 Å². The zero-order chi connectivity index (χ0) is 33.7. The van der Waals surface area contributed by atoms with Gasteiger partial charge < -0.3 is 4.42 Å². The molecule has 0 aliphatic carbocycles. The Labute approximate surface area is 293 Å². The van der Waals surface area contributed by atoms with Crippen molar-refractivity contribution >= 4 is 43.5 Å². The molecule has 3 aromatic heterocycles. The number of benzene rings is 7. The molecule has 7 aromatic carbocycles. The van der Waals surface area contributed by atoms with Crippen LogP contribution in [-0.4, -0.2) is 19.9 Å². The fraction of sp³-hybridized carbons (Fsp3) is 0. The van der Waals surface area contributed by atoms with Crippen LogP contribution in [0.5, 0.6) is 0 Å². The maximum Gasteiger partial charge on any atom is 0.164 e. The average molecular weight is 653 g/mol. The SMILES string of the molecule is c1ccc(-c2cc(-c3ccc(-c4nc(-c5ccccc5)nc(-c5ccccc5)n4)c4ccccc34)c3c(c2)oc2cc4cnccc4cc23)cc1. The van der Waals surface area contributed by atoms with Crippen LogP contribution in [0.3, 0.4) is 0 Å². The molecular formula is C46H28N4O. The van der Waals surface area contributed by atoms with E-state index in [0.717, 1.165) is 82.4 Å². The highest BCUT2D eigenvalue weighted by molar-refractivity contribution is 6.19. The van der Waals surface area contributed by atoms with Gasteiger partial charge >= 0.3 is 0 Å². The van der Waals surface area contributed by atoms with Crippen molar-refractivity contribution in [3.8, 4) is 56.4 Å². The predicted octanol–water partition coefficient (Wildman–Crippen LogP) is 11.8. The van der Waals surface area contributed by atoms with Gasteiger partial charge in [-0.25, -0.2) is 15.0 Å². The summed E-state index contributed by atoms with van der Waals surface area (Å²) in [6.07, 6.45) is 3.72. The van der Waals surface area contributed by atoms with Crippen molar-refractivity contribution in [3.63, 3.8) is 0 Å². The van der Waals surface area contributed by atoms with E-state index in [1.165, 1.54) is 0 Å². The molecule has 0 fully saturated rings. The molecule has 0 unspecified atom stereocenters.